The number of carbonyl (C=O) groups is 4. The van der Waals surface area contributed by atoms with Crippen LogP contribution in [0.5, 0.6) is 0 Å². The largest absolute Gasteiger partial charge is 0.455 e. The number of likely N-dealkylation sites (tertiary alicyclic amines) is 1. The maximum atomic E-state index is 15.4. The number of esters is 1. The fourth-order valence-corrected chi connectivity index (χ4v) is 9.46. The molecule has 290 valence electrons. The average Bonchev–Trinajstić information content (AvgIpc) is 3.77. The summed E-state index contributed by atoms with van der Waals surface area (Å²) in [6.45, 7) is 11.5. The van der Waals surface area contributed by atoms with E-state index >= 15 is 4.79 Å². The van der Waals surface area contributed by atoms with Gasteiger partial charge in [-0.2, -0.15) is 0 Å². The maximum absolute atomic E-state index is 15.4. The Bertz CT molecular complexity index is 1760. The van der Waals surface area contributed by atoms with Gasteiger partial charge in [0.2, 0.25) is 11.8 Å². The van der Waals surface area contributed by atoms with Crippen molar-refractivity contribution in [3.8, 4) is 0 Å². The predicted molar refractivity (Wildman–Crippen MR) is 211 cm³/mol. The van der Waals surface area contributed by atoms with E-state index in [1.807, 2.05) is 87.5 Å². The Morgan fingerprint density at radius 1 is 0.963 bits per heavy atom. The molecular weight excluding hydrogens is 752 g/mol. The lowest BCUT2D eigenvalue weighted by Gasteiger charge is -2.39. The quantitative estimate of drug-likeness (QED) is 0.256. The molecule has 2 aromatic rings. The Kier molecular flexibility index (Phi) is 12.0. The van der Waals surface area contributed by atoms with Gasteiger partial charge in [0.1, 0.15) is 29.8 Å². The summed E-state index contributed by atoms with van der Waals surface area (Å²) in [6.07, 6.45) is 4.93. The molecule has 1 N–H and O–H groups in total. The molecule has 1 spiro atoms. The maximum Gasteiger partial charge on any atom is 0.313 e. The van der Waals surface area contributed by atoms with Crippen LogP contribution in [0.1, 0.15) is 65.5 Å². The lowest BCUT2D eigenvalue weighted by atomic mass is 9.74. The minimum Gasteiger partial charge on any atom is -0.455 e. The summed E-state index contributed by atoms with van der Waals surface area (Å²) in [7, 11) is 1.71. The number of anilines is 2. The number of halogens is 1. The number of benzene rings is 2. The average molecular weight is 806 g/mol. The van der Waals surface area contributed by atoms with Crippen LogP contribution >= 0.6 is 15.9 Å². The number of ether oxygens (including phenoxy) is 2. The van der Waals surface area contributed by atoms with Gasteiger partial charge in [0, 0.05) is 49.0 Å². The molecule has 4 aliphatic rings. The molecule has 0 aliphatic carbocycles. The molecule has 0 radical (unpaired) electrons. The van der Waals surface area contributed by atoms with Crippen LogP contribution in [0.15, 0.2) is 77.3 Å². The van der Waals surface area contributed by atoms with Crippen LogP contribution in [-0.2, 0) is 28.7 Å². The fraction of sp³-hybridized carbons (Fsp3) is 0.524. The number of hydrogen-bond donors (Lipinski definition) is 1. The minimum atomic E-state index is -1.51. The molecule has 8 atom stereocenters. The molecule has 12 heteroatoms. The van der Waals surface area contributed by atoms with Crippen molar-refractivity contribution in [3.63, 3.8) is 0 Å². The third-order valence-electron chi connectivity index (χ3n) is 11.6. The fourth-order valence-electron chi connectivity index (χ4n) is 8.72. The van der Waals surface area contributed by atoms with Crippen LogP contribution in [0, 0.1) is 17.8 Å². The summed E-state index contributed by atoms with van der Waals surface area (Å²) >= 11 is 3.65. The zero-order chi connectivity index (χ0) is 38.9. The summed E-state index contributed by atoms with van der Waals surface area (Å²) < 4.78 is 13.7. The number of fused-ring (bicyclic) bond motifs is 2. The van der Waals surface area contributed by atoms with E-state index in [1.165, 1.54) is 4.90 Å². The Morgan fingerprint density at radius 3 is 2.28 bits per heavy atom. The number of likely N-dealkylation sites (N-methyl/N-ethyl adjacent to an activating group) is 1. The molecule has 0 unspecified atom stereocenters. The van der Waals surface area contributed by atoms with Gasteiger partial charge in [-0.3, -0.25) is 19.2 Å². The third-order valence-corrected chi connectivity index (χ3v) is 12.2. The van der Waals surface area contributed by atoms with Crippen molar-refractivity contribution in [1.29, 1.82) is 0 Å². The number of rotatable bonds is 9. The highest BCUT2D eigenvalue weighted by Crippen LogP contribution is 2.59. The van der Waals surface area contributed by atoms with Crippen molar-refractivity contribution >= 4 is 51.0 Å². The molecule has 4 aliphatic heterocycles. The van der Waals surface area contributed by atoms with Gasteiger partial charge in [-0.05, 0) is 75.4 Å². The van der Waals surface area contributed by atoms with Crippen LogP contribution in [0.25, 0.3) is 0 Å². The zero-order valence-electron chi connectivity index (χ0n) is 32.1. The molecule has 2 aromatic carbocycles. The van der Waals surface area contributed by atoms with Gasteiger partial charge in [-0.25, -0.2) is 0 Å². The number of cyclic esters (lactones) is 1. The van der Waals surface area contributed by atoms with E-state index in [2.05, 4.69) is 34.7 Å². The Morgan fingerprint density at radius 2 is 1.65 bits per heavy atom. The van der Waals surface area contributed by atoms with Crippen LogP contribution in [0.3, 0.4) is 0 Å². The molecular formula is C42H53BrN4O7. The number of nitrogens with zero attached hydrogens (tertiary/aromatic N) is 4. The van der Waals surface area contributed by atoms with Crippen molar-refractivity contribution in [2.45, 2.75) is 89.8 Å². The number of carbonyl (C=O) groups excluding carboxylic acids is 4. The first-order valence-electron chi connectivity index (χ1n) is 19.2. The lowest BCUT2D eigenvalue weighted by molar-refractivity contribution is -0.164. The van der Waals surface area contributed by atoms with Gasteiger partial charge in [0.15, 0.2) is 0 Å². The Hall–Kier alpha value is -4.00. The first-order chi connectivity index (χ1) is 25.9. The third kappa shape index (κ3) is 7.12. The van der Waals surface area contributed by atoms with Crippen LogP contribution < -0.4 is 9.80 Å². The van der Waals surface area contributed by atoms with E-state index in [1.54, 1.807) is 22.9 Å². The van der Waals surface area contributed by atoms with Gasteiger partial charge in [-0.15, -0.1) is 0 Å². The SMILES string of the molecule is CCN(CC)c1ccc(N2C/C=C\CCC(=O)N(C)[C@@H](C)[C@H](c3ccccc3)OC(=O)[C@H]3[C@@H]4O[C@@]5(C=C4Br)[C@@H]3C(=O)N([C@@H](CO)CC(C)C)[C@@H]5C2=O)cc1. The zero-order valence-corrected chi connectivity index (χ0v) is 33.6. The number of aliphatic hydroxyl groups is 1. The lowest BCUT2D eigenvalue weighted by Crippen LogP contribution is -2.59. The minimum absolute atomic E-state index is 0.0916. The van der Waals surface area contributed by atoms with Gasteiger partial charge in [0.25, 0.3) is 5.91 Å². The molecule has 2 fully saturated rings. The molecule has 0 saturated carbocycles. The van der Waals surface area contributed by atoms with E-state index in [-0.39, 0.29) is 31.4 Å². The molecule has 5 bridgehead atoms. The summed E-state index contributed by atoms with van der Waals surface area (Å²) in [5.41, 5.74) is 0.833. The molecule has 0 aromatic heterocycles. The van der Waals surface area contributed by atoms with Crippen molar-refractivity contribution in [2.24, 2.45) is 17.8 Å². The highest BCUT2D eigenvalue weighted by Gasteiger charge is 2.75. The second-order valence-corrected chi connectivity index (χ2v) is 16.1. The number of hydrogen-bond acceptors (Lipinski definition) is 8. The van der Waals surface area contributed by atoms with Crippen LogP contribution in [-0.4, -0.2) is 102 Å². The molecule has 2 saturated heterocycles. The van der Waals surface area contributed by atoms with E-state index < -0.39 is 65.6 Å². The number of allylic oxidation sites excluding steroid dienone is 1. The monoisotopic (exact) mass is 804 g/mol. The van der Waals surface area contributed by atoms with Crippen molar-refractivity contribution < 1.29 is 33.8 Å². The van der Waals surface area contributed by atoms with E-state index in [9.17, 15) is 19.5 Å². The second-order valence-electron chi connectivity index (χ2n) is 15.2. The normalized spacial score (nSPS) is 30.1. The topological polar surface area (TPSA) is 120 Å². The smallest absolute Gasteiger partial charge is 0.313 e. The van der Waals surface area contributed by atoms with E-state index in [4.69, 9.17) is 9.47 Å². The Balaban J connectivity index is 1.50. The van der Waals surface area contributed by atoms with Crippen molar-refractivity contribution in [1.82, 2.24) is 9.80 Å². The molecule has 6 rings (SSSR count). The van der Waals surface area contributed by atoms with E-state index in [0.29, 0.717) is 28.6 Å². The second kappa shape index (κ2) is 16.4. The Labute approximate surface area is 327 Å². The molecule has 4 heterocycles. The standard InChI is InChI=1S/C42H53BrN4O7/c1-7-45(8-2)29-18-20-30(21-19-29)46-22-14-10-13-17-33(49)44(6)27(5)36(28-15-11-9-12-16-28)53-41(52)34-35-39(50)47(31(25-48)23-26(3)4)38(40(46)51)42(35)24-32(43)37(34)54-42/h9-12,14-16,18-21,24,26-27,31,34-38,48H,7-8,13,17,22-23,25H2,1-6H3/b14-10-/t27-,31+,34+,35-,36+,37+,38+,42-/m0/s1. The summed E-state index contributed by atoms with van der Waals surface area (Å²) in [5, 5.41) is 10.8. The first-order valence-corrected chi connectivity index (χ1v) is 20.0. The number of amides is 3. The highest BCUT2D eigenvalue weighted by atomic mass is 79.9. The van der Waals surface area contributed by atoms with Crippen molar-refractivity contribution in [3.05, 3.63) is 82.9 Å². The van der Waals surface area contributed by atoms with Gasteiger partial charge in [0.05, 0.1) is 24.6 Å². The van der Waals surface area contributed by atoms with Crippen molar-refractivity contribution in [2.75, 3.05) is 43.1 Å². The molecule has 3 amide bonds. The van der Waals surface area contributed by atoms with Crippen LogP contribution in [0.2, 0.25) is 0 Å². The first kappa shape index (κ1) is 39.7. The van der Waals surface area contributed by atoms with Crippen LogP contribution in [0.4, 0.5) is 11.4 Å². The van der Waals surface area contributed by atoms with Gasteiger partial charge in [-0.1, -0.05) is 72.3 Å². The number of aliphatic hydroxyl groups excluding tert-OH is 1. The predicted octanol–water partition coefficient (Wildman–Crippen LogP) is 5.63. The highest BCUT2D eigenvalue weighted by molar-refractivity contribution is 9.11. The van der Waals surface area contributed by atoms with Gasteiger partial charge >= 0.3 is 5.97 Å². The summed E-state index contributed by atoms with van der Waals surface area (Å²) in [6, 6.07) is 14.6. The summed E-state index contributed by atoms with van der Waals surface area (Å²) in [5.74, 6) is -3.68. The van der Waals surface area contributed by atoms with E-state index in [0.717, 1.165) is 18.8 Å². The van der Waals surface area contributed by atoms with Gasteiger partial charge < -0.3 is 34.2 Å². The molecule has 11 nitrogen and oxygen atoms in total. The molecule has 54 heavy (non-hydrogen) atoms. The summed E-state index contributed by atoms with van der Waals surface area (Å²) in [4.78, 5) is 65.5.